The number of aryl methyl sites for hydroxylation is 2. The Morgan fingerprint density at radius 3 is 2.69 bits per heavy atom. The third-order valence-electron chi connectivity index (χ3n) is 3.23. The normalized spacial score (nSPS) is 29.6. The van der Waals surface area contributed by atoms with Crippen LogP contribution in [0.3, 0.4) is 0 Å². The Hall–Kier alpha value is -0.900. The number of nitrogens with two attached hydrogens (primary N) is 1. The monoisotopic (exact) mass is 221 g/mol. The van der Waals surface area contributed by atoms with Crippen LogP contribution in [0.25, 0.3) is 0 Å². The van der Waals surface area contributed by atoms with Crippen molar-refractivity contribution in [3.8, 4) is 0 Å². The third-order valence-corrected chi connectivity index (χ3v) is 3.23. The highest BCUT2D eigenvalue weighted by Gasteiger charge is 2.38. The van der Waals surface area contributed by atoms with Gasteiger partial charge < -0.3 is 15.2 Å². The zero-order valence-corrected chi connectivity index (χ0v) is 10.1. The summed E-state index contributed by atoms with van der Waals surface area (Å²) in [5.41, 5.74) is 9.17. The zero-order valence-electron chi connectivity index (χ0n) is 10.1. The molecule has 1 aliphatic heterocycles. The van der Waals surface area contributed by atoms with Crippen LogP contribution in [-0.4, -0.2) is 19.3 Å². The molecule has 2 N–H and O–H groups in total. The molecule has 3 nitrogen and oxygen atoms in total. The summed E-state index contributed by atoms with van der Waals surface area (Å²) in [6.07, 6.45) is 0.00612. The molecule has 1 heterocycles. The summed E-state index contributed by atoms with van der Waals surface area (Å²) in [4.78, 5) is 0. The highest BCUT2D eigenvalue weighted by Crippen LogP contribution is 2.34. The van der Waals surface area contributed by atoms with Gasteiger partial charge in [0.1, 0.15) is 0 Å². The lowest BCUT2D eigenvalue weighted by molar-refractivity contribution is -0.160. The first-order valence-electron chi connectivity index (χ1n) is 5.65. The molecule has 1 aromatic rings. The summed E-state index contributed by atoms with van der Waals surface area (Å²) in [7, 11) is 0. The molecule has 0 saturated carbocycles. The predicted octanol–water partition coefficient (Wildman–Crippen LogP) is 1.85. The molecule has 0 spiro atoms. The average Bonchev–Trinajstić information content (AvgIpc) is 2.66. The Morgan fingerprint density at radius 1 is 1.38 bits per heavy atom. The fraction of sp³-hybridized carbons (Fsp3) is 0.538. The standard InChI is InChI=1S/C13H19NO2/c1-9-4-5-11(6-10(9)2)13(3)15-8-12(7-14)16-13/h4-6,12H,7-8,14H2,1-3H3. The summed E-state index contributed by atoms with van der Waals surface area (Å²) in [6.45, 7) is 7.21. The van der Waals surface area contributed by atoms with Crippen LogP contribution < -0.4 is 5.73 Å². The van der Waals surface area contributed by atoms with E-state index in [0.29, 0.717) is 13.2 Å². The largest absolute Gasteiger partial charge is 0.343 e. The van der Waals surface area contributed by atoms with Gasteiger partial charge in [-0.3, -0.25) is 0 Å². The molecule has 0 amide bonds. The maximum Gasteiger partial charge on any atom is 0.192 e. The molecular formula is C13H19NO2. The van der Waals surface area contributed by atoms with Gasteiger partial charge >= 0.3 is 0 Å². The van der Waals surface area contributed by atoms with Crippen molar-refractivity contribution < 1.29 is 9.47 Å². The van der Waals surface area contributed by atoms with Gasteiger partial charge in [0.2, 0.25) is 0 Å². The topological polar surface area (TPSA) is 44.5 Å². The quantitative estimate of drug-likeness (QED) is 0.829. The molecular weight excluding hydrogens is 202 g/mol. The van der Waals surface area contributed by atoms with Gasteiger partial charge in [-0.2, -0.15) is 0 Å². The van der Waals surface area contributed by atoms with E-state index in [9.17, 15) is 0 Å². The fourth-order valence-corrected chi connectivity index (χ4v) is 1.93. The van der Waals surface area contributed by atoms with Gasteiger partial charge in [0.25, 0.3) is 0 Å². The second-order valence-electron chi connectivity index (χ2n) is 4.53. The Balaban J connectivity index is 2.27. The Labute approximate surface area is 96.5 Å². The van der Waals surface area contributed by atoms with E-state index in [2.05, 4.69) is 32.0 Å². The molecule has 1 fully saturated rings. The Morgan fingerprint density at radius 2 is 2.12 bits per heavy atom. The fourth-order valence-electron chi connectivity index (χ4n) is 1.93. The molecule has 2 rings (SSSR count). The van der Waals surface area contributed by atoms with E-state index in [0.717, 1.165) is 5.56 Å². The maximum absolute atomic E-state index is 5.83. The minimum Gasteiger partial charge on any atom is -0.343 e. The number of rotatable bonds is 2. The first-order chi connectivity index (χ1) is 7.55. The minimum absolute atomic E-state index is 0.00612. The van der Waals surface area contributed by atoms with E-state index in [1.807, 2.05) is 6.92 Å². The van der Waals surface area contributed by atoms with Crippen molar-refractivity contribution in [1.82, 2.24) is 0 Å². The molecule has 16 heavy (non-hydrogen) atoms. The van der Waals surface area contributed by atoms with Crippen molar-refractivity contribution in [3.63, 3.8) is 0 Å². The lowest BCUT2D eigenvalue weighted by Crippen LogP contribution is -2.27. The molecule has 1 aromatic carbocycles. The van der Waals surface area contributed by atoms with Crippen LogP contribution in [0.2, 0.25) is 0 Å². The van der Waals surface area contributed by atoms with E-state index in [1.54, 1.807) is 0 Å². The van der Waals surface area contributed by atoms with Gasteiger partial charge in [0.05, 0.1) is 12.7 Å². The van der Waals surface area contributed by atoms with Gasteiger partial charge in [-0.05, 0) is 31.9 Å². The third kappa shape index (κ3) is 1.98. The highest BCUT2D eigenvalue weighted by molar-refractivity contribution is 5.32. The van der Waals surface area contributed by atoms with E-state index in [-0.39, 0.29) is 6.10 Å². The van der Waals surface area contributed by atoms with Crippen LogP contribution in [0.15, 0.2) is 18.2 Å². The lowest BCUT2D eigenvalue weighted by Gasteiger charge is -2.24. The first kappa shape index (κ1) is 11.6. The second kappa shape index (κ2) is 4.17. The lowest BCUT2D eigenvalue weighted by atomic mass is 10.0. The van der Waals surface area contributed by atoms with Crippen molar-refractivity contribution in [2.24, 2.45) is 5.73 Å². The number of hydrogen-bond donors (Lipinski definition) is 1. The van der Waals surface area contributed by atoms with E-state index in [1.165, 1.54) is 11.1 Å². The van der Waals surface area contributed by atoms with E-state index in [4.69, 9.17) is 15.2 Å². The van der Waals surface area contributed by atoms with Crippen LogP contribution in [0, 0.1) is 13.8 Å². The van der Waals surface area contributed by atoms with Gasteiger partial charge in [-0.25, -0.2) is 0 Å². The van der Waals surface area contributed by atoms with E-state index < -0.39 is 5.79 Å². The molecule has 2 atom stereocenters. The van der Waals surface area contributed by atoms with Crippen LogP contribution in [0.1, 0.15) is 23.6 Å². The summed E-state index contributed by atoms with van der Waals surface area (Å²) < 4.78 is 11.6. The molecule has 88 valence electrons. The molecule has 1 saturated heterocycles. The number of ether oxygens (including phenoxy) is 2. The SMILES string of the molecule is Cc1ccc(C2(C)OCC(CN)O2)cc1C. The summed E-state index contributed by atoms with van der Waals surface area (Å²) in [5.74, 6) is -0.636. The van der Waals surface area contributed by atoms with Crippen LogP contribution in [0.5, 0.6) is 0 Å². The van der Waals surface area contributed by atoms with E-state index >= 15 is 0 Å². The van der Waals surface area contributed by atoms with Gasteiger partial charge in [-0.1, -0.05) is 18.2 Å². The molecule has 0 aromatic heterocycles. The minimum atomic E-state index is -0.636. The van der Waals surface area contributed by atoms with Crippen molar-refractivity contribution in [2.75, 3.05) is 13.2 Å². The van der Waals surface area contributed by atoms with Crippen LogP contribution >= 0.6 is 0 Å². The summed E-state index contributed by atoms with van der Waals surface area (Å²) in [5, 5.41) is 0. The molecule has 0 radical (unpaired) electrons. The van der Waals surface area contributed by atoms with Gasteiger partial charge in [0.15, 0.2) is 5.79 Å². The molecule has 1 aliphatic rings. The molecule has 3 heteroatoms. The average molecular weight is 221 g/mol. The van der Waals surface area contributed by atoms with Crippen LogP contribution in [0.4, 0.5) is 0 Å². The number of hydrogen-bond acceptors (Lipinski definition) is 3. The molecule has 0 aliphatic carbocycles. The predicted molar refractivity (Wildman–Crippen MR) is 63.1 cm³/mol. The van der Waals surface area contributed by atoms with Gasteiger partial charge in [-0.15, -0.1) is 0 Å². The summed E-state index contributed by atoms with van der Waals surface area (Å²) >= 11 is 0. The Kier molecular flexibility index (Phi) is 3.02. The van der Waals surface area contributed by atoms with Crippen LogP contribution in [-0.2, 0) is 15.3 Å². The van der Waals surface area contributed by atoms with Crippen molar-refractivity contribution in [3.05, 3.63) is 34.9 Å². The van der Waals surface area contributed by atoms with Crippen molar-refractivity contribution >= 4 is 0 Å². The smallest absolute Gasteiger partial charge is 0.192 e. The summed E-state index contributed by atoms with van der Waals surface area (Å²) in [6, 6.07) is 6.27. The van der Waals surface area contributed by atoms with Crippen molar-refractivity contribution in [1.29, 1.82) is 0 Å². The first-order valence-corrected chi connectivity index (χ1v) is 5.65. The number of benzene rings is 1. The zero-order chi connectivity index (χ0) is 11.8. The van der Waals surface area contributed by atoms with Crippen molar-refractivity contribution in [2.45, 2.75) is 32.7 Å². The second-order valence-corrected chi connectivity index (χ2v) is 4.53. The Bertz CT molecular complexity index is 392. The van der Waals surface area contributed by atoms with Gasteiger partial charge in [0, 0.05) is 12.1 Å². The highest BCUT2D eigenvalue weighted by atomic mass is 16.7. The maximum atomic E-state index is 5.83. The molecule has 2 unspecified atom stereocenters. The molecule has 0 bridgehead atoms.